The Bertz CT molecular complexity index is 763. The molecular formula is C18H25N7O. The molecule has 0 bridgehead atoms. The highest BCUT2D eigenvalue weighted by Gasteiger charge is 2.22. The van der Waals surface area contributed by atoms with Gasteiger partial charge < -0.3 is 22.1 Å². The number of rotatable bonds is 6. The van der Waals surface area contributed by atoms with Gasteiger partial charge in [-0.15, -0.1) is 0 Å². The van der Waals surface area contributed by atoms with Crippen LogP contribution in [0.4, 0.5) is 17.3 Å². The molecular weight excluding hydrogens is 330 g/mol. The maximum atomic E-state index is 11.7. The predicted molar refractivity (Wildman–Crippen MR) is 101 cm³/mol. The molecule has 138 valence electrons. The van der Waals surface area contributed by atoms with Crippen LogP contribution in [-0.2, 0) is 6.42 Å². The molecule has 8 heteroatoms. The highest BCUT2D eigenvalue weighted by molar-refractivity contribution is 5.96. The Morgan fingerprint density at radius 1 is 1.23 bits per heavy atom. The summed E-state index contributed by atoms with van der Waals surface area (Å²) in [7, 11) is 0. The first-order valence-corrected chi connectivity index (χ1v) is 8.97. The first-order chi connectivity index (χ1) is 12.6. The minimum Gasteiger partial charge on any atom is -0.364 e. The lowest BCUT2D eigenvalue weighted by Crippen LogP contribution is -2.42. The molecule has 6 N–H and O–H groups in total. The maximum absolute atomic E-state index is 11.7. The topological polar surface area (TPSA) is 132 Å². The number of amides is 1. The molecule has 0 aromatic carbocycles. The van der Waals surface area contributed by atoms with Gasteiger partial charge in [-0.1, -0.05) is 19.8 Å². The minimum atomic E-state index is -0.640. The van der Waals surface area contributed by atoms with Crippen LogP contribution in [-0.4, -0.2) is 32.9 Å². The predicted octanol–water partition coefficient (Wildman–Crippen LogP) is 1.96. The van der Waals surface area contributed by atoms with Crippen molar-refractivity contribution in [1.82, 2.24) is 15.0 Å². The first kappa shape index (κ1) is 18.1. The van der Waals surface area contributed by atoms with Gasteiger partial charge in [0.1, 0.15) is 5.82 Å². The second-order valence-electron chi connectivity index (χ2n) is 6.53. The zero-order valence-electron chi connectivity index (χ0n) is 14.9. The number of nitrogens with zero attached hydrogens (tertiary/aromatic N) is 3. The van der Waals surface area contributed by atoms with Gasteiger partial charge in [0.05, 0.1) is 18.1 Å². The number of hydrogen-bond donors (Lipinski definition) is 4. The van der Waals surface area contributed by atoms with E-state index in [2.05, 4.69) is 25.6 Å². The molecule has 1 saturated carbocycles. The monoisotopic (exact) mass is 355 g/mol. The maximum Gasteiger partial charge on any atom is 0.271 e. The molecule has 0 radical (unpaired) electrons. The smallest absolute Gasteiger partial charge is 0.271 e. The molecule has 1 aliphatic rings. The lowest BCUT2D eigenvalue weighted by molar-refractivity contribution is 0.0996. The number of carbonyl (C=O) groups excluding carboxylic acids is 1. The number of primary amides is 1. The van der Waals surface area contributed by atoms with Crippen molar-refractivity contribution in [3.05, 3.63) is 35.9 Å². The van der Waals surface area contributed by atoms with Gasteiger partial charge in [-0.05, 0) is 31.4 Å². The van der Waals surface area contributed by atoms with Crippen molar-refractivity contribution in [2.75, 3.05) is 10.6 Å². The van der Waals surface area contributed by atoms with Gasteiger partial charge in [0, 0.05) is 17.8 Å². The van der Waals surface area contributed by atoms with Crippen molar-refractivity contribution >= 4 is 23.2 Å². The Hall–Kier alpha value is -2.74. The van der Waals surface area contributed by atoms with E-state index in [1.807, 2.05) is 19.1 Å². The molecule has 8 nitrogen and oxygen atoms in total. The first-order valence-electron chi connectivity index (χ1n) is 8.97. The van der Waals surface area contributed by atoms with Gasteiger partial charge in [0.15, 0.2) is 11.5 Å². The SMILES string of the molecule is CCc1ccc(Nc2nc(NC3CCCCC3N)cnc2C(N)=O)cn1. The van der Waals surface area contributed by atoms with Crippen molar-refractivity contribution < 1.29 is 4.79 Å². The number of nitrogens with one attached hydrogen (secondary N) is 2. The molecule has 2 aromatic rings. The molecule has 1 fully saturated rings. The lowest BCUT2D eigenvalue weighted by atomic mass is 9.91. The summed E-state index contributed by atoms with van der Waals surface area (Å²) < 4.78 is 0. The summed E-state index contributed by atoms with van der Waals surface area (Å²) in [6.45, 7) is 2.04. The van der Waals surface area contributed by atoms with Crippen LogP contribution in [0.3, 0.4) is 0 Å². The largest absolute Gasteiger partial charge is 0.364 e. The van der Waals surface area contributed by atoms with Crippen molar-refractivity contribution in [1.29, 1.82) is 0 Å². The second-order valence-corrected chi connectivity index (χ2v) is 6.53. The van der Waals surface area contributed by atoms with E-state index >= 15 is 0 Å². The molecule has 3 rings (SSSR count). The Labute approximate surface area is 152 Å². The highest BCUT2D eigenvalue weighted by atomic mass is 16.1. The number of hydrogen-bond acceptors (Lipinski definition) is 7. The van der Waals surface area contributed by atoms with E-state index in [1.165, 1.54) is 6.20 Å². The van der Waals surface area contributed by atoms with Crippen LogP contribution in [0.1, 0.15) is 48.8 Å². The van der Waals surface area contributed by atoms with Crippen molar-refractivity contribution in [3.63, 3.8) is 0 Å². The number of aryl methyl sites for hydroxylation is 1. The fourth-order valence-electron chi connectivity index (χ4n) is 3.10. The molecule has 2 atom stereocenters. The van der Waals surface area contributed by atoms with Crippen LogP contribution >= 0.6 is 0 Å². The van der Waals surface area contributed by atoms with E-state index in [1.54, 1.807) is 6.20 Å². The molecule has 26 heavy (non-hydrogen) atoms. The second kappa shape index (κ2) is 8.09. The summed E-state index contributed by atoms with van der Waals surface area (Å²) in [5.74, 6) is 0.231. The Balaban J connectivity index is 1.82. The van der Waals surface area contributed by atoms with Crippen LogP contribution < -0.4 is 22.1 Å². The van der Waals surface area contributed by atoms with Gasteiger partial charge in [-0.2, -0.15) is 0 Å². The summed E-state index contributed by atoms with van der Waals surface area (Å²) in [6.07, 6.45) is 8.34. The lowest BCUT2D eigenvalue weighted by Gasteiger charge is -2.29. The zero-order valence-corrected chi connectivity index (χ0v) is 14.9. The van der Waals surface area contributed by atoms with Crippen LogP contribution in [0.15, 0.2) is 24.5 Å². The van der Waals surface area contributed by atoms with Gasteiger partial charge in [-0.3, -0.25) is 9.78 Å². The Kier molecular flexibility index (Phi) is 5.62. The summed E-state index contributed by atoms with van der Waals surface area (Å²) in [4.78, 5) is 24.7. The van der Waals surface area contributed by atoms with Gasteiger partial charge in [-0.25, -0.2) is 9.97 Å². The number of aromatic nitrogens is 3. The zero-order chi connectivity index (χ0) is 18.5. The number of carbonyl (C=O) groups is 1. The third kappa shape index (κ3) is 4.26. The molecule has 2 heterocycles. The average molecular weight is 355 g/mol. The molecule has 0 aliphatic heterocycles. The Morgan fingerprint density at radius 3 is 2.69 bits per heavy atom. The van der Waals surface area contributed by atoms with Crippen LogP contribution in [0.5, 0.6) is 0 Å². The van der Waals surface area contributed by atoms with Crippen molar-refractivity contribution in [2.24, 2.45) is 11.5 Å². The fourth-order valence-corrected chi connectivity index (χ4v) is 3.10. The normalized spacial score (nSPS) is 19.8. The third-order valence-electron chi connectivity index (χ3n) is 4.61. The summed E-state index contributed by atoms with van der Waals surface area (Å²) in [6, 6.07) is 4.04. The van der Waals surface area contributed by atoms with E-state index in [0.717, 1.165) is 37.8 Å². The molecule has 2 aromatic heterocycles. The highest BCUT2D eigenvalue weighted by Crippen LogP contribution is 2.23. The molecule has 2 unspecified atom stereocenters. The van der Waals surface area contributed by atoms with Gasteiger partial charge in [0.2, 0.25) is 0 Å². The minimum absolute atomic E-state index is 0.0862. The summed E-state index contributed by atoms with van der Waals surface area (Å²) in [5, 5.41) is 6.42. The standard InChI is InChI=1S/C18H25N7O/c1-2-11-7-8-12(9-21-11)23-18-16(17(20)26)22-10-15(25-18)24-14-6-4-3-5-13(14)19/h7-10,13-14H,2-6,19H2,1H3,(H2,20,26)(H2,23,24,25). The van der Waals surface area contributed by atoms with Gasteiger partial charge >= 0.3 is 0 Å². The summed E-state index contributed by atoms with van der Waals surface area (Å²) in [5.41, 5.74) is 13.4. The third-order valence-corrected chi connectivity index (χ3v) is 4.61. The van der Waals surface area contributed by atoms with Crippen LogP contribution in [0.2, 0.25) is 0 Å². The fraction of sp³-hybridized carbons (Fsp3) is 0.444. The van der Waals surface area contributed by atoms with Crippen LogP contribution in [0, 0.1) is 0 Å². The van der Waals surface area contributed by atoms with Crippen molar-refractivity contribution in [2.45, 2.75) is 51.1 Å². The Morgan fingerprint density at radius 2 is 2.04 bits per heavy atom. The number of pyridine rings is 1. The van der Waals surface area contributed by atoms with E-state index < -0.39 is 5.91 Å². The summed E-state index contributed by atoms with van der Waals surface area (Å²) >= 11 is 0. The quantitative estimate of drug-likeness (QED) is 0.622. The number of anilines is 3. The van der Waals surface area contributed by atoms with E-state index in [4.69, 9.17) is 11.5 Å². The van der Waals surface area contributed by atoms with Crippen LogP contribution in [0.25, 0.3) is 0 Å². The van der Waals surface area contributed by atoms with E-state index in [-0.39, 0.29) is 17.8 Å². The van der Waals surface area contributed by atoms with Gasteiger partial charge in [0.25, 0.3) is 5.91 Å². The van der Waals surface area contributed by atoms with Crippen molar-refractivity contribution in [3.8, 4) is 0 Å². The number of nitrogens with two attached hydrogens (primary N) is 2. The molecule has 1 aliphatic carbocycles. The average Bonchev–Trinajstić information content (AvgIpc) is 2.64. The molecule has 0 spiro atoms. The molecule has 1 amide bonds. The van der Waals surface area contributed by atoms with E-state index in [0.29, 0.717) is 17.3 Å². The molecule has 0 saturated heterocycles. The van der Waals surface area contributed by atoms with E-state index in [9.17, 15) is 4.79 Å².